The molecule has 0 heterocycles. The normalized spacial score (nSPS) is 11.6. The van der Waals surface area contributed by atoms with E-state index in [1.807, 2.05) is 60.7 Å². The second-order valence-electron chi connectivity index (χ2n) is 7.45. The minimum atomic E-state index is -0.669. The van der Waals surface area contributed by atoms with Gasteiger partial charge >= 0.3 is 0 Å². The molecule has 0 aliphatic heterocycles. The van der Waals surface area contributed by atoms with E-state index >= 15 is 0 Å². The largest absolute Gasteiger partial charge is 0.357 e. The van der Waals surface area contributed by atoms with Crippen LogP contribution in [0, 0.1) is 5.82 Å². The summed E-state index contributed by atoms with van der Waals surface area (Å²) in [5.41, 5.74) is 2.88. The summed E-state index contributed by atoms with van der Waals surface area (Å²) in [6, 6.07) is 25.0. The Morgan fingerprint density at radius 3 is 2.06 bits per heavy atom. The van der Waals surface area contributed by atoms with Crippen LogP contribution in [0.3, 0.4) is 0 Å². The van der Waals surface area contributed by atoms with E-state index in [0.717, 1.165) is 16.7 Å². The minimum absolute atomic E-state index is 0.125. The maximum atomic E-state index is 13.4. The van der Waals surface area contributed by atoms with E-state index < -0.39 is 6.04 Å². The molecule has 4 nitrogen and oxygen atoms in total. The summed E-state index contributed by atoms with van der Waals surface area (Å²) in [6.07, 6.45) is 0.400. The van der Waals surface area contributed by atoms with Crippen LogP contribution in [0.5, 0.6) is 0 Å². The highest BCUT2D eigenvalue weighted by Gasteiger charge is 2.29. The molecule has 3 aromatic rings. The van der Waals surface area contributed by atoms with Crippen LogP contribution in [0.25, 0.3) is 0 Å². The molecular formula is C26H27FN2O2S. The first kappa shape index (κ1) is 23.5. The van der Waals surface area contributed by atoms with Gasteiger partial charge in [0, 0.05) is 25.8 Å². The molecule has 0 aromatic heterocycles. The van der Waals surface area contributed by atoms with E-state index in [9.17, 15) is 14.0 Å². The molecule has 0 saturated heterocycles. The number of nitrogens with zero attached hydrogens (tertiary/aromatic N) is 1. The summed E-state index contributed by atoms with van der Waals surface area (Å²) in [5.74, 6) is 0.271. The molecular weight excluding hydrogens is 423 g/mol. The van der Waals surface area contributed by atoms with E-state index in [1.54, 1.807) is 24.1 Å². The fourth-order valence-corrected chi connectivity index (χ4v) is 4.29. The lowest BCUT2D eigenvalue weighted by Crippen LogP contribution is -2.50. The Bertz CT molecular complexity index is 997. The number of hydrogen-bond donors (Lipinski definition) is 1. The molecule has 0 fully saturated rings. The summed E-state index contributed by atoms with van der Waals surface area (Å²) in [5, 5.41) is 2.70. The van der Waals surface area contributed by atoms with Crippen molar-refractivity contribution in [3.8, 4) is 0 Å². The first-order valence-electron chi connectivity index (χ1n) is 10.5. The second-order valence-corrected chi connectivity index (χ2v) is 8.43. The van der Waals surface area contributed by atoms with Gasteiger partial charge in [0.15, 0.2) is 0 Å². The van der Waals surface area contributed by atoms with Gasteiger partial charge in [-0.1, -0.05) is 72.8 Å². The van der Waals surface area contributed by atoms with Crippen LogP contribution in [0.15, 0.2) is 84.9 Å². The molecule has 0 spiro atoms. The first-order chi connectivity index (χ1) is 15.6. The molecule has 3 aromatic carbocycles. The van der Waals surface area contributed by atoms with Gasteiger partial charge in [-0.15, -0.1) is 11.8 Å². The maximum absolute atomic E-state index is 13.4. The highest BCUT2D eigenvalue weighted by atomic mass is 32.2. The molecule has 3 rings (SSSR count). The average molecular weight is 451 g/mol. The number of likely N-dealkylation sites (N-methyl/N-ethyl adjacent to an activating group) is 1. The number of amides is 2. The summed E-state index contributed by atoms with van der Waals surface area (Å²) >= 11 is 1.52. The van der Waals surface area contributed by atoms with Gasteiger partial charge in [0.25, 0.3) is 0 Å². The van der Waals surface area contributed by atoms with Gasteiger partial charge in [-0.2, -0.15) is 0 Å². The third-order valence-electron chi connectivity index (χ3n) is 5.12. The molecule has 0 unspecified atom stereocenters. The van der Waals surface area contributed by atoms with Crippen molar-refractivity contribution in [2.75, 3.05) is 12.8 Å². The summed E-state index contributed by atoms with van der Waals surface area (Å²) in [4.78, 5) is 27.7. The Hall–Kier alpha value is -3.12. The third kappa shape index (κ3) is 6.95. The molecule has 1 atom stereocenters. The van der Waals surface area contributed by atoms with E-state index in [4.69, 9.17) is 0 Å². The number of nitrogens with one attached hydrogen (secondary N) is 1. The van der Waals surface area contributed by atoms with Crippen LogP contribution in [0.4, 0.5) is 4.39 Å². The van der Waals surface area contributed by atoms with Crippen molar-refractivity contribution in [1.82, 2.24) is 10.2 Å². The standard InChI is InChI=1S/C26H27FN2O2S/c1-28-26(31)24(16-20-8-4-2-5-9-20)29(17-21-12-14-23(27)15-13-21)25(30)19-32-18-22-10-6-3-7-11-22/h2-15,24H,16-19H2,1H3,(H,28,31)/t24-/m0/s1. The predicted octanol–water partition coefficient (Wildman–Crippen LogP) is 4.45. The van der Waals surface area contributed by atoms with Gasteiger partial charge in [-0.3, -0.25) is 9.59 Å². The van der Waals surface area contributed by atoms with Crippen LogP contribution in [0.1, 0.15) is 16.7 Å². The van der Waals surface area contributed by atoms with Crippen molar-refractivity contribution < 1.29 is 14.0 Å². The number of thioether (sulfide) groups is 1. The van der Waals surface area contributed by atoms with Crippen molar-refractivity contribution >= 4 is 23.6 Å². The summed E-state index contributed by atoms with van der Waals surface area (Å²) in [7, 11) is 1.57. The van der Waals surface area contributed by atoms with Gasteiger partial charge in [0.2, 0.25) is 11.8 Å². The van der Waals surface area contributed by atoms with Crippen molar-refractivity contribution in [2.24, 2.45) is 0 Å². The lowest BCUT2D eigenvalue weighted by atomic mass is 10.0. The number of rotatable bonds is 10. The average Bonchev–Trinajstić information content (AvgIpc) is 2.83. The Morgan fingerprint density at radius 1 is 0.875 bits per heavy atom. The van der Waals surface area contributed by atoms with Gasteiger partial charge in [-0.05, 0) is 28.8 Å². The molecule has 6 heteroatoms. The zero-order valence-corrected chi connectivity index (χ0v) is 18.9. The first-order valence-corrected chi connectivity index (χ1v) is 11.6. The van der Waals surface area contributed by atoms with Crippen molar-refractivity contribution in [3.05, 3.63) is 107 Å². The van der Waals surface area contributed by atoms with Gasteiger partial charge < -0.3 is 10.2 Å². The molecule has 2 amide bonds. The van der Waals surface area contributed by atoms with Crippen molar-refractivity contribution in [2.45, 2.75) is 24.8 Å². The number of halogens is 1. The number of benzene rings is 3. The monoisotopic (exact) mass is 450 g/mol. The number of carbonyl (C=O) groups is 2. The van der Waals surface area contributed by atoms with E-state index in [1.165, 1.54) is 23.9 Å². The molecule has 166 valence electrons. The second kappa shape index (κ2) is 12.1. The summed E-state index contributed by atoms with van der Waals surface area (Å²) in [6.45, 7) is 0.232. The van der Waals surface area contributed by atoms with E-state index in [2.05, 4.69) is 5.32 Å². The SMILES string of the molecule is CNC(=O)[C@H](Cc1ccccc1)N(Cc1ccc(F)cc1)C(=O)CSCc1ccccc1. The topological polar surface area (TPSA) is 49.4 Å². The maximum Gasteiger partial charge on any atom is 0.242 e. The highest BCUT2D eigenvalue weighted by Crippen LogP contribution is 2.18. The lowest BCUT2D eigenvalue weighted by molar-refractivity contribution is -0.139. The van der Waals surface area contributed by atoms with Crippen LogP contribution >= 0.6 is 11.8 Å². The predicted molar refractivity (Wildman–Crippen MR) is 128 cm³/mol. The fourth-order valence-electron chi connectivity index (χ4n) is 3.42. The quantitative estimate of drug-likeness (QED) is 0.497. The minimum Gasteiger partial charge on any atom is -0.357 e. The highest BCUT2D eigenvalue weighted by molar-refractivity contribution is 7.99. The number of hydrogen-bond acceptors (Lipinski definition) is 3. The fraction of sp³-hybridized carbons (Fsp3) is 0.231. The molecule has 0 radical (unpaired) electrons. The molecule has 0 aliphatic carbocycles. The zero-order valence-electron chi connectivity index (χ0n) is 18.0. The Labute approximate surface area is 192 Å². The Morgan fingerprint density at radius 2 is 1.47 bits per heavy atom. The Kier molecular flexibility index (Phi) is 8.87. The van der Waals surface area contributed by atoms with Crippen molar-refractivity contribution in [1.29, 1.82) is 0 Å². The summed E-state index contributed by atoms with van der Waals surface area (Å²) < 4.78 is 13.4. The molecule has 0 bridgehead atoms. The molecule has 0 aliphatic rings. The molecule has 32 heavy (non-hydrogen) atoms. The lowest BCUT2D eigenvalue weighted by Gasteiger charge is -2.31. The third-order valence-corrected chi connectivity index (χ3v) is 6.11. The smallest absolute Gasteiger partial charge is 0.242 e. The van der Waals surface area contributed by atoms with Crippen LogP contribution in [-0.2, 0) is 28.3 Å². The van der Waals surface area contributed by atoms with Gasteiger partial charge in [0.05, 0.1) is 5.75 Å². The van der Waals surface area contributed by atoms with Gasteiger partial charge in [0.1, 0.15) is 11.9 Å². The number of carbonyl (C=O) groups excluding carboxylic acids is 2. The van der Waals surface area contributed by atoms with Crippen LogP contribution < -0.4 is 5.32 Å². The van der Waals surface area contributed by atoms with Gasteiger partial charge in [-0.25, -0.2) is 4.39 Å². The van der Waals surface area contributed by atoms with Crippen LogP contribution in [-0.4, -0.2) is 35.6 Å². The Balaban J connectivity index is 1.80. The van der Waals surface area contributed by atoms with E-state index in [0.29, 0.717) is 12.2 Å². The van der Waals surface area contributed by atoms with E-state index in [-0.39, 0.29) is 29.9 Å². The van der Waals surface area contributed by atoms with Crippen molar-refractivity contribution in [3.63, 3.8) is 0 Å². The van der Waals surface area contributed by atoms with Crippen LogP contribution in [0.2, 0.25) is 0 Å². The molecule has 1 N–H and O–H groups in total. The zero-order chi connectivity index (χ0) is 22.8. The molecule has 0 saturated carbocycles.